The lowest BCUT2D eigenvalue weighted by Gasteiger charge is -2.41. The fourth-order valence-electron chi connectivity index (χ4n) is 4.03. The van der Waals surface area contributed by atoms with Crippen LogP contribution in [0.5, 0.6) is 5.75 Å². The fraction of sp³-hybridized carbons (Fsp3) is 0.474. The molecule has 0 bridgehead atoms. The second-order valence-electron chi connectivity index (χ2n) is 7.25. The molecule has 0 atom stereocenters. The fourth-order valence-corrected chi connectivity index (χ4v) is 4.03. The molecule has 1 spiro atoms. The van der Waals surface area contributed by atoms with Crippen LogP contribution in [0.3, 0.4) is 0 Å². The third-order valence-corrected chi connectivity index (χ3v) is 5.60. The third-order valence-electron chi connectivity index (χ3n) is 5.60. The number of carboxylic acid groups (broad SMARTS) is 1. The van der Waals surface area contributed by atoms with Gasteiger partial charge in [0.15, 0.2) is 0 Å². The van der Waals surface area contributed by atoms with Crippen LogP contribution < -0.4 is 9.64 Å². The van der Waals surface area contributed by atoms with E-state index in [9.17, 15) is 9.90 Å². The van der Waals surface area contributed by atoms with E-state index in [-0.39, 0.29) is 5.54 Å². The molecule has 2 aromatic heterocycles. The molecule has 7 heteroatoms. The molecule has 2 aromatic rings. The number of amides is 1. The lowest BCUT2D eigenvalue weighted by molar-refractivity contribution is 0.110. The average Bonchev–Trinajstić information content (AvgIpc) is 3.29. The van der Waals surface area contributed by atoms with E-state index >= 15 is 0 Å². The van der Waals surface area contributed by atoms with Gasteiger partial charge in [-0.25, -0.2) is 9.78 Å². The molecule has 2 fully saturated rings. The summed E-state index contributed by atoms with van der Waals surface area (Å²) < 4.78 is 7.75. The Labute approximate surface area is 152 Å². The monoisotopic (exact) mass is 356 g/mol. The van der Waals surface area contributed by atoms with Gasteiger partial charge in [0.2, 0.25) is 0 Å². The molecular formula is C19H24N4O3. The summed E-state index contributed by atoms with van der Waals surface area (Å²) in [5.41, 5.74) is 2.94. The number of aryl methyl sites for hydroxylation is 2. The number of aromatic nitrogens is 2. The topological polar surface area (TPSA) is 70.8 Å². The van der Waals surface area contributed by atoms with Crippen molar-refractivity contribution < 1.29 is 14.6 Å². The van der Waals surface area contributed by atoms with Gasteiger partial charge in [0, 0.05) is 37.1 Å². The van der Waals surface area contributed by atoms with Crippen LogP contribution in [0.4, 0.5) is 10.5 Å². The molecule has 26 heavy (non-hydrogen) atoms. The number of rotatable bonds is 3. The summed E-state index contributed by atoms with van der Waals surface area (Å²) in [6.07, 6.45) is 2.87. The number of piperazine rings is 1. The summed E-state index contributed by atoms with van der Waals surface area (Å²) >= 11 is 0. The first-order valence-electron chi connectivity index (χ1n) is 8.90. The molecule has 2 aliphatic rings. The minimum atomic E-state index is -0.818. The highest BCUT2D eigenvalue weighted by molar-refractivity contribution is 5.69. The van der Waals surface area contributed by atoms with Crippen molar-refractivity contribution in [3.05, 3.63) is 35.8 Å². The van der Waals surface area contributed by atoms with Crippen LogP contribution in [0.1, 0.15) is 24.2 Å². The van der Waals surface area contributed by atoms with E-state index in [1.807, 2.05) is 12.3 Å². The van der Waals surface area contributed by atoms with Crippen molar-refractivity contribution in [2.24, 2.45) is 0 Å². The molecule has 1 saturated heterocycles. The van der Waals surface area contributed by atoms with Crippen molar-refractivity contribution in [1.29, 1.82) is 0 Å². The van der Waals surface area contributed by atoms with Crippen molar-refractivity contribution in [3.8, 4) is 11.6 Å². The Morgan fingerprint density at radius 1 is 1.23 bits per heavy atom. The van der Waals surface area contributed by atoms with Crippen molar-refractivity contribution in [1.82, 2.24) is 14.5 Å². The molecule has 0 aromatic carbocycles. The molecule has 1 N–H and O–H groups in total. The maximum atomic E-state index is 11.5. The first kappa shape index (κ1) is 16.8. The van der Waals surface area contributed by atoms with Crippen LogP contribution >= 0.6 is 0 Å². The molecule has 0 unspecified atom stereocenters. The highest BCUT2D eigenvalue weighted by Gasteiger charge is 2.53. The van der Waals surface area contributed by atoms with Gasteiger partial charge in [0.25, 0.3) is 0 Å². The summed E-state index contributed by atoms with van der Waals surface area (Å²) in [5.74, 6) is 1.60. The zero-order valence-electron chi connectivity index (χ0n) is 15.4. The van der Waals surface area contributed by atoms with Crippen LogP contribution in [0.15, 0.2) is 24.4 Å². The number of methoxy groups -OCH3 is 1. The highest BCUT2D eigenvalue weighted by Crippen LogP contribution is 2.46. The van der Waals surface area contributed by atoms with Gasteiger partial charge < -0.3 is 19.3 Å². The molecule has 3 heterocycles. The zero-order valence-corrected chi connectivity index (χ0v) is 15.4. The summed E-state index contributed by atoms with van der Waals surface area (Å²) in [5, 5.41) is 9.43. The lowest BCUT2D eigenvalue weighted by Crippen LogP contribution is -2.56. The van der Waals surface area contributed by atoms with Crippen LogP contribution in [-0.2, 0) is 0 Å². The van der Waals surface area contributed by atoms with Crippen LogP contribution in [0.2, 0.25) is 0 Å². The number of nitrogens with zero attached hydrogens (tertiary/aromatic N) is 4. The van der Waals surface area contributed by atoms with Gasteiger partial charge in [-0.2, -0.15) is 0 Å². The Bertz CT molecular complexity index is 837. The molecule has 1 amide bonds. The molecule has 138 valence electrons. The van der Waals surface area contributed by atoms with Crippen molar-refractivity contribution in [3.63, 3.8) is 0 Å². The van der Waals surface area contributed by atoms with Gasteiger partial charge in [-0.1, -0.05) is 0 Å². The predicted octanol–water partition coefficient (Wildman–Crippen LogP) is 2.83. The first-order valence-corrected chi connectivity index (χ1v) is 8.90. The Balaban J connectivity index is 1.65. The van der Waals surface area contributed by atoms with Crippen molar-refractivity contribution >= 4 is 11.8 Å². The van der Waals surface area contributed by atoms with Crippen molar-refractivity contribution in [2.75, 3.05) is 31.6 Å². The van der Waals surface area contributed by atoms with Gasteiger partial charge in [-0.3, -0.25) is 4.90 Å². The Morgan fingerprint density at radius 2 is 1.92 bits per heavy atom. The van der Waals surface area contributed by atoms with Crippen LogP contribution in [0, 0.1) is 13.8 Å². The highest BCUT2D eigenvalue weighted by atomic mass is 16.5. The number of carbonyl (C=O) groups is 1. The van der Waals surface area contributed by atoms with E-state index in [0.29, 0.717) is 19.6 Å². The van der Waals surface area contributed by atoms with Gasteiger partial charge in [-0.05, 0) is 38.8 Å². The summed E-state index contributed by atoms with van der Waals surface area (Å²) in [7, 11) is 1.67. The molecule has 1 aliphatic heterocycles. The number of hydrogen-bond acceptors (Lipinski definition) is 4. The Hall–Kier alpha value is -2.70. The van der Waals surface area contributed by atoms with Gasteiger partial charge >= 0.3 is 6.09 Å². The van der Waals surface area contributed by atoms with E-state index in [0.717, 1.165) is 41.5 Å². The molecule has 7 nitrogen and oxygen atoms in total. The van der Waals surface area contributed by atoms with E-state index in [1.165, 1.54) is 0 Å². The van der Waals surface area contributed by atoms with Crippen molar-refractivity contribution in [2.45, 2.75) is 32.2 Å². The van der Waals surface area contributed by atoms with Gasteiger partial charge in [-0.15, -0.1) is 0 Å². The summed E-state index contributed by atoms with van der Waals surface area (Å²) in [6, 6.07) is 6.09. The SMILES string of the molecule is COc1cc(-n2c(C)ccc2C)ncc1N1CCN(C(=O)O)C2(CC2)C1. The normalized spacial score (nSPS) is 18.3. The number of pyridine rings is 1. The van der Waals surface area contributed by atoms with Gasteiger partial charge in [0.1, 0.15) is 11.6 Å². The maximum absolute atomic E-state index is 11.5. The standard InChI is InChI=1S/C19H24N4O3/c1-13-4-5-14(2)23(13)17-10-16(26-3)15(11-20-17)21-8-9-22(18(24)25)19(12-21)6-7-19/h4-5,10-11H,6-9,12H2,1-3H3,(H,24,25). The van der Waals surface area contributed by atoms with E-state index < -0.39 is 6.09 Å². The van der Waals surface area contributed by atoms with E-state index in [2.05, 4.69) is 40.4 Å². The number of hydrogen-bond donors (Lipinski definition) is 1. The quantitative estimate of drug-likeness (QED) is 0.916. The number of anilines is 1. The molecule has 4 rings (SSSR count). The molecule has 1 saturated carbocycles. The smallest absolute Gasteiger partial charge is 0.407 e. The summed E-state index contributed by atoms with van der Waals surface area (Å²) in [6.45, 7) is 5.95. The van der Waals surface area contributed by atoms with Crippen LogP contribution in [0.25, 0.3) is 5.82 Å². The van der Waals surface area contributed by atoms with E-state index in [1.54, 1.807) is 12.0 Å². The Kier molecular flexibility index (Phi) is 3.82. The first-order chi connectivity index (χ1) is 12.4. The van der Waals surface area contributed by atoms with E-state index in [4.69, 9.17) is 4.74 Å². The second-order valence-corrected chi connectivity index (χ2v) is 7.25. The second kappa shape index (κ2) is 5.93. The summed E-state index contributed by atoms with van der Waals surface area (Å²) in [4.78, 5) is 20.0. The average molecular weight is 356 g/mol. The van der Waals surface area contributed by atoms with Crippen LogP contribution in [-0.4, -0.2) is 57.9 Å². The largest absolute Gasteiger partial charge is 0.494 e. The minimum absolute atomic E-state index is 0.235. The zero-order chi connectivity index (χ0) is 18.5. The molecule has 0 radical (unpaired) electrons. The number of ether oxygens (including phenoxy) is 1. The maximum Gasteiger partial charge on any atom is 0.407 e. The Morgan fingerprint density at radius 3 is 2.50 bits per heavy atom. The van der Waals surface area contributed by atoms with Gasteiger partial charge in [0.05, 0.1) is 24.5 Å². The molecule has 1 aliphatic carbocycles. The molecular weight excluding hydrogens is 332 g/mol. The minimum Gasteiger partial charge on any atom is -0.494 e. The lowest BCUT2D eigenvalue weighted by atomic mass is 10.1. The predicted molar refractivity (Wildman–Crippen MR) is 98.5 cm³/mol. The third kappa shape index (κ3) is 2.58.